The summed E-state index contributed by atoms with van der Waals surface area (Å²) in [6, 6.07) is 0.129. The van der Waals surface area contributed by atoms with Crippen LogP contribution in [0.3, 0.4) is 0 Å². The van der Waals surface area contributed by atoms with Crippen LogP contribution in [0.2, 0.25) is 0 Å². The van der Waals surface area contributed by atoms with Crippen LogP contribution >= 0.6 is 0 Å². The van der Waals surface area contributed by atoms with Gasteiger partial charge in [-0.15, -0.1) is 0 Å². The summed E-state index contributed by atoms with van der Waals surface area (Å²) < 4.78 is 36.0. The van der Waals surface area contributed by atoms with Gasteiger partial charge in [0.2, 0.25) is 5.91 Å². The number of rotatable bonds is 4. The van der Waals surface area contributed by atoms with Gasteiger partial charge < -0.3 is 10.2 Å². The molecule has 0 spiro atoms. The number of hydrogen-bond donors (Lipinski definition) is 1. The molecule has 0 bridgehead atoms. The number of nitrogens with zero attached hydrogens (tertiary/aromatic N) is 1. The molecular formula is C11H19F3N2O. The average Bonchev–Trinajstić information content (AvgIpc) is 2.26. The lowest BCUT2D eigenvalue weighted by atomic mass is 10.0. The lowest BCUT2D eigenvalue weighted by Crippen LogP contribution is -2.40. The van der Waals surface area contributed by atoms with Crippen molar-refractivity contribution in [3.05, 3.63) is 0 Å². The summed E-state index contributed by atoms with van der Waals surface area (Å²) in [4.78, 5) is 12.8. The molecule has 0 saturated carbocycles. The van der Waals surface area contributed by atoms with Crippen LogP contribution in [0.15, 0.2) is 0 Å². The van der Waals surface area contributed by atoms with Crippen LogP contribution < -0.4 is 5.32 Å². The molecule has 1 aliphatic rings. The molecular weight excluding hydrogens is 233 g/mol. The molecule has 1 heterocycles. The monoisotopic (exact) mass is 252 g/mol. The van der Waals surface area contributed by atoms with Crippen molar-refractivity contribution in [2.24, 2.45) is 0 Å². The van der Waals surface area contributed by atoms with Gasteiger partial charge in [0.1, 0.15) is 0 Å². The second-order valence-corrected chi connectivity index (χ2v) is 4.53. The molecule has 0 aliphatic carbocycles. The first-order chi connectivity index (χ1) is 7.88. The van der Waals surface area contributed by atoms with E-state index in [1.165, 1.54) is 11.9 Å². The molecule has 0 aromatic heterocycles. The lowest BCUT2D eigenvalue weighted by Gasteiger charge is -2.25. The fourth-order valence-electron chi connectivity index (χ4n) is 1.88. The van der Waals surface area contributed by atoms with Crippen molar-refractivity contribution in [3.63, 3.8) is 0 Å². The van der Waals surface area contributed by atoms with E-state index in [-0.39, 0.29) is 18.5 Å². The van der Waals surface area contributed by atoms with Crippen LogP contribution in [0, 0.1) is 0 Å². The number of amides is 1. The van der Waals surface area contributed by atoms with E-state index in [2.05, 4.69) is 5.32 Å². The Labute approximate surface area is 99.4 Å². The maximum Gasteiger partial charge on any atom is 0.390 e. The smallest absolute Gasteiger partial charge is 0.345 e. The minimum absolute atomic E-state index is 0.129. The highest BCUT2D eigenvalue weighted by Gasteiger charge is 2.28. The lowest BCUT2D eigenvalue weighted by molar-refractivity contribution is -0.144. The van der Waals surface area contributed by atoms with E-state index in [1.54, 1.807) is 0 Å². The van der Waals surface area contributed by atoms with Crippen LogP contribution in [-0.4, -0.2) is 43.2 Å². The summed E-state index contributed by atoms with van der Waals surface area (Å²) in [6.07, 6.45) is -1.72. The third-order valence-corrected chi connectivity index (χ3v) is 2.99. The van der Waals surface area contributed by atoms with Gasteiger partial charge in [-0.05, 0) is 19.4 Å². The summed E-state index contributed by atoms with van der Waals surface area (Å²) in [5.74, 6) is -0.214. The fraction of sp³-hybridized carbons (Fsp3) is 0.909. The minimum atomic E-state index is -4.20. The number of piperidine rings is 1. The molecule has 0 aromatic carbocycles. The van der Waals surface area contributed by atoms with E-state index in [0.29, 0.717) is 6.42 Å². The summed E-state index contributed by atoms with van der Waals surface area (Å²) >= 11 is 0. The van der Waals surface area contributed by atoms with Crippen molar-refractivity contribution in [1.82, 2.24) is 10.2 Å². The standard InChI is InChI=1S/C11H19F3N2O/c1-16(7-5-11(12,13)14)10(17)8-9-4-2-3-6-15-9/h9,15H,2-8H2,1H3. The topological polar surface area (TPSA) is 32.3 Å². The zero-order valence-electron chi connectivity index (χ0n) is 10.0. The highest BCUT2D eigenvalue weighted by Crippen LogP contribution is 2.20. The highest BCUT2D eigenvalue weighted by molar-refractivity contribution is 5.76. The molecule has 6 heteroatoms. The molecule has 1 saturated heterocycles. The quantitative estimate of drug-likeness (QED) is 0.829. The second-order valence-electron chi connectivity index (χ2n) is 4.53. The van der Waals surface area contributed by atoms with Gasteiger partial charge in [0.05, 0.1) is 6.42 Å². The Hall–Kier alpha value is -0.780. The average molecular weight is 252 g/mol. The van der Waals surface area contributed by atoms with E-state index < -0.39 is 12.6 Å². The minimum Gasteiger partial charge on any atom is -0.345 e. The molecule has 0 radical (unpaired) electrons. The maximum absolute atomic E-state index is 12.0. The normalized spacial score (nSPS) is 21.3. The Morgan fingerprint density at radius 1 is 1.41 bits per heavy atom. The van der Waals surface area contributed by atoms with Gasteiger partial charge in [0.25, 0.3) is 0 Å². The van der Waals surface area contributed by atoms with Crippen LogP contribution in [0.1, 0.15) is 32.1 Å². The summed E-state index contributed by atoms with van der Waals surface area (Å²) in [6.45, 7) is 0.638. The number of nitrogens with one attached hydrogen (secondary N) is 1. The van der Waals surface area contributed by atoms with Gasteiger partial charge in [-0.2, -0.15) is 13.2 Å². The molecule has 17 heavy (non-hydrogen) atoms. The molecule has 0 aromatic rings. The van der Waals surface area contributed by atoms with Crippen molar-refractivity contribution in [3.8, 4) is 0 Å². The summed E-state index contributed by atoms with van der Waals surface area (Å²) in [5.41, 5.74) is 0. The van der Waals surface area contributed by atoms with Crippen molar-refractivity contribution in [1.29, 1.82) is 0 Å². The van der Waals surface area contributed by atoms with E-state index >= 15 is 0 Å². The molecule has 1 amide bonds. The van der Waals surface area contributed by atoms with Crippen LogP contribution in [0.5, 0.6) is 0 Å². The molecule has 1 atom stereocenters. The fourth-order valence-corrected chi connectivity index (χ4v) is 1.88. The van der Waals surface area contributed by atoms with Crippen LogP contribution in [0.4, 0.5) is 13.2 Å². The largest absolute Gasteiger partial charge is 0.390 e. The van der Waals surface area contributed by atoms with Crippen molar-refractivity contribution >= 4 is 5.91 Å². The Balaban J connectivity index is 2.26. The van der Waals surface area contributed by atoms with Gasteiger partial charge in [0, 0.05) is 26.1 Å². The van der Waals surface area contributed by atoms with Gasteiger partial charge in [0.15, 0.2) is 0 Å². The maximum atomic E-state index is 12.0. The van der Waals surface area contributed by atoms with Gasteiger partial charge in [-0.25, -0.2) is 0 Å². The highest BCUT2D eigenvalue weighted by atomic mass is 19.4. The van der Waals surface area contributed by atoms with E-state index in [1.807, 2.05) is 0 Å². The van der Waals surface area contributed by atoms with Crippen molar-refractivity contribution in [2.45, 2.75) is 44.3 Å². The van der Waals surface area contributed by atoms with Crippen molar-refractivity contribution in [2.75, 3.05) is 20.1 Å². The third kappa shape index (κ3) is 5.91. The third-order valence-electron chi connectivity index (χ3n) is 2.99. The number of halogens is 3. The molecule has 1 unspecified atom stereocenters. The van der Waals surface area contributed by atoms with Crippen LogP contribution in [0.25, 0.3) is 0 Å². The van der Waals surface area contributed by atoms with Crippen molar-refractivity contribution < 1.29 is 18.0 Å². The number of hydrogen-bond acceptors (Lipinski definition) is 2. The Kier molecular flexibility index (Phi) is 5.24. The molecule has 1 fully saturated rings. The van der Waals surface area contributed by atoms with E-state index in [4.69, 9.17) is 0 Å². The van der Waals surface area contributed by atoms with Gasteiger partial charge >= 0.3 is 6.18 Å². The second kappa shape index (κ2) is 6.23. The van der Waals surface area contributed by atoms with Gasteiger partial charge in [-0.3, -0.25) is 4.79 Å². The number of carbonyl (C=O) groups is 1. The molecule has 1 N–H and O–H groups in total. The zero-order chi connectivity index (χ0) is 12.9. The predicted octanol–water partition coefficient (Wildman–Crippen LogP) is 1.93. The molecule has 3 nitrogen and oxygen atoms in total. The Bertz CT molecular complexity index is 250. The first-order valence-electron chi connectivity index (χ1n) is 5.92. The molecule has 1 aliphatic heterocycles. The Morgan fingerprint density at radius 2 is 2.12 bits per heavy atom. The summed E-state index contributed by atoms with van der Waals surface area (Å²) in [7, 11) is 1.43. The SMILES string of the molecule is CN(CCC(F)(F)F)C(=O)CC1CCCCN1. The summed E-state index contributed by atoms with van der Waals surface area (Å²) in [5, 5.41) is 3.21. The zero-order valence-corrected chi connectivity index (χ0v) is 10.0. The first kappa shape index (κ1) is 14.3. The number of carbonyl (C=O) groups excluding carboxylic acids is 1. The van der Waals surface area contributed by atoms with E-state index in [0.717, 1.165) is 25.8 Å². The van der Waals surface area contributed by atoms with Gasteiger partial charge in [-0.1, -0.05) is 6.42 Å². The van der Waals surface area contributed by atoms with E-state index in [9.17, 15) is 18.0 Å². The van der Waals surface area contributed by atoms with Crippen LogP contribution in [-0.2, 0) is 4.79 Å². The predicted molar refractivity (Wildman–Crippen MR) is 58.6 cm³/mol. The first-order valence-corrected chi connectivity index (χ1v) is 5.92. The number of alkyl halides is 3. The Morgan fingerprint density at radius 3 is 2.65 bits per heavy atom. The molecule has 100 valence electrons. The molecule has 1 rings (SSSR count).